The van der Waals surface area contributed by atoms with Crippen molar-refractivity contribution in [3.63, 3.8) is 0 Å². The highest BCUT2D eigenvalue weighted by atomic mass is 31.2. The third-order valence-corrected chi connectivity index (χ3v) is 7.16. The normalized spacial score (nSPS) is 26.6. The summed E-state index contributed by atoms with van der Waals surface area (Å²) < 4.78 is 75.3. The Hall–Kier alpha value is -2.90. The largest absolute Gasteiger partial charge is 0.510 e. The number of phosphoric acid groups is 1. The number of ether oxygens (including phenoxy) is 6. The first kappa shape index (κ1) is 35.6. The molecule has 1 aromatic rings. The molecule has 1 fully saturated rings. The van der Waals surface area contributed by atoms with Gasteiger partial charge in [-0.05, 0) is 48.5 Å². The molecule has 5 atom stereocenters. The molecule has 0 radical (unpaired) electrons. The lowest BCUT2D eigenvalue weighted by Crippen LogP contribution is -2.49. The van der Waals surface area contributed by atoms with E-state index in [0.717, 1.165) is 6.92 Å². The number of hydrogen-bond acceptors (Lipinski definition) is 17. The van der Waals surface area contributed by atoms with Gasteiger partial charge in [0.05, 0.1) is 18.5 Å². The number of nitrogens with one attached hydrogen (secondary N) is 1. The van der Waals surface area contributed by atoms with Crippen molar-refractivity contribution in [3.8, 4) is 0 Å². The Kier molecular flexibility index (Phi) is 11.7. The minimum atomic E-state index is -4.93. The maximum atomic E-state index is 16.2. The summed E-state index contributed by atoms with van der Waals surface area (Å²) in [6, 6.07) is 0. The van der Waals surface area contributed by atoms with Crippen molar-refractivity contribution in [2.45, 2.75) is 90.7 Å². The van der Waals surface area contributed by atoms with Gasteiger partial charge in [-0.15, -0.1) is 0 Å². The summed E-state index contributed by atoms with van der Waals surface area (Å²) in [6.45, 7) is 7.56. The molecule has 20 heteroatoms. The third-order valence-electron chi connectivity index (χ3n) is 5.87. The zero-order valence-corrected chi connectivity index (χ0v) is 26.1. The van der Waals surface area contributed by atoms with Crippen molar-refractivity contribution in [2.24, 2.45) is 4.99 Å². The molecule has 0 saturated carbocycles. The Balaban J connectivity index is 1.77. The van der Waals surface area contributed by atoms with Gasteiger partial charge >= 0.3 is 20.1 Å². The van der Waals surface area contributed by atoms with E-state index in [1.165, 1.54) is 10.9 Å². The summed E-state index contributed by atoms with van der Waals surface area (Å²) in [5.74, 6) is -2.64. The van der Waals surface area contributed by atoms with Crippen LogP contribution in [-0.4, -0.2) is 94.5 Å². The van der Waals surface area contributed by atoms with Gasteiger partial charge in [0.1, 0.15) is 29.8 Å². The van der Waals surface area contributed by atoms with E-state index in [2.05, 4.69) is 24.8 Å². The van der Waals surface area contributed by atoms with Crippen molar-refractivity contribution in [1.29, 1.82) is 0 Å². The standard InChI is InChI=1S/C24H38FN4O14P/c1-8-35-18-16-17(27-15(6)28-18)29(10-26-16)20-23(7,33)19(30)24(25,43-20)9-38-44(34,39-11-36-21(31)41-13(2)3)40-12-37-22(32)42-14(4)5/h10,13-14,18-20,30,33H,8-9,11-12H2,1-7H3,(H,27,28)/t18?,19-,20+,23+,24+/m0/s1. The molecule has 2 aliphatic heterocycles. The molecule has 0 aromatic carbocycles. The SMILES string of the molecule is CCOC1NC(C)=Nc2c1ncn2[C@@H]1O[C@](F)(COP(=O)(OCOC(=O)OC(C)C)OCOC(=O)OC(C)C)[C@@H](O)[C@@]1(C)O. The molecule has 0 amide bonds. The number of carbonyl (C=O) groups excluding carboxylic acids is 2. The second kappa shape index (κ2) is 14.5. The van der Waals surface area contributed by atoms with E-state index in [1.807, 2.05) is 0 Å². The van der Waals surface area contributed by atoms with Crippen LogP contribution in [0.2, 0.25) is 0 Å². The van der Waals surface area contributed by atoms with Gasteiger partial charge in [0.2, 0.25) is 13.6 Å². The number of aliphatic hydroxyl groups is 2. The van der Waals surface area contributed by atoms with E-state index in [-0.39, 0.29) is 5.82 Å². The Morgan fingerprint density at radius 2 is 1.70 bits per heavy atom. The third kappa shape index (κ3) is 8.63. The molecule has 3 rings (SSSR count). The van der Waals surface area contributed by atoms with Crippen molar-refractivity contribution >= 4 is 31.8 Å². The lowest BCUT2D eigenvalue weighted by Gasteiger charge is -2.29. The summed E-state index contributed by atoms with van der Waals surface area (Å²) >= 11 is 0. The number of aliphatic imine (C=N–C) groups is 1. The molecular formula is C24H38FN4O14P. The van der Waals surface area contributed by atoms with E-state index in [1.54, 1.807) is 41.5 Å². The number of phosphoric ester groups is 1. The summed E-state index contributed by atoms with van der Waals surface area (Å²) in [6.07, 6.45) is -6.87. The number of carbonyl (C=O) groups is 2. The second-order valence-electron chi connectivity index (χ2n) is 10.3. The van der Waals surface area contributed by atoms with E-state index in [9.17, 15) is 24.4 Å². The molecule has 3 heterocycles. The fourth-order valence-corrected chi connectivity index (χ4v) is 4.90. The highest BCUT2D eigenvalue weighted by Crippen LogP contribution is 2.53. The number of fused-ring (bicyclic) bond motifs is 1. The summed E-state index contributed by atoms with van der Waals surface area (Å²) in [5.41, 5.74) is -2.00. The summed E-state index contributed by atoms with van der Waals surface area (Å²) in [5, 5.41) is 25.0. The highest BCUT2D eigenvalue weighted by molar-refractivity contribution is 7.48. The minimum absolute atomic E-state index is 0.163. The van der Waals surface area contributed by atoms with Crippen LogP contribution in [0, 0.1) is 0 Å². The van der Waals surface area contributed by atoms with Gasteiger partial charge in [0.25, 0.3) is 5.85 Å². The molecule has 1 unspecified atom stereocenters. The number of rotatable bonds is 14. The van der Waals surface area contributed by atoms with Gasteiger partial charge in [-0.2, -0.15) is 0 Å². The van der Waals surface area contributed by atoms with Gasteiger partial charge in [0, 0.05) is 6.61 Å². The number of nitrogens with zero attached hydrogens (tertiary/aromatic N) is 3. The number of aromatic nitrogens is 2. The van der Waals surface area contributed by atoms with E-state index in [4.69, 9.17) is 32.5 Å². The van der Waals surface area contributed by atoms with Gasteiger partial charge in [0.15, 0.2) is 18.3 Å². The lowest BCUT2D eigenvalue weighted by molar-refractivity contribution is -0.206. The Labute approximate surface area is 252 Å². The van der Waals surface area contributed by atoms with Crippen LogP contribution in [0.5, 0.6) is 0 Å². The van der Waals surface area contributed by atoms with Crippen molar-refractivity contribution in [3.05, 3.63) is 12.0 Å². The molecule has 2 aliphatic rings. The van der Waals surface area contributed by atoms with E-state index < -0.39 is 82.5 Å². The smallest absolute Gasteiger partial charge is 0.432 e. The first-order chi connectivity index (χ1) is 20.5. The Morgan fingerprint density at radius 1 is 1.14 bits per heavy atom. The fraction of sp³-hybridized carbons (Fsp3) is 0.750. The molecule has 3 N–H and O–H groups in total. The van der Waals surface area contributed by atoms with Crippen LogP contribution in [0.25, 0.3) is 0 Å². The van der Waals surface area contributed by atoms with Crippen LogP contribution in [0.4, 0.5) is 19.8 Å². The van der Waals surface area contributed by atoms with Crippen LogP contribution in [0.1, 0.15) is 66.6 Å². The lowest BCUT2D eigenvalue weighted by atomic mass is 9.95. The average molecular weight is 657 g/mol. The van der Waals surface area contributed by atoms with Crippen LogP contribution in [0.3, 0.4) is 0 Å². The fourth-order valence-electron chi connectivity index (χ4n) is 3.98. The van der Waals surface area contributed by atoms with Crippen molar-refractivity contribution < 1.29 is 70.8 Å². The number of hydrogen-bond donors (Lipinski definition) is 3. The van der Waals surface area contributed by atoms with Gasteiger partial charge in [-0.25, -0.2) is 37.6 Å². The molecule has 0 bridgehead atoms. The number of amidine groups is 1. The second-order valence-corrected chi connectivity index (χ2v) is 11.9. The predicted octanol–water partition coefficient (Wildman–Crippen LogP) is 3.07. The molecule has 1 aromatic heterocycles. The monoisotopic (exact) mass is 656 g/mol. The topological polar surface area (TPSA) is 217 Å². The van der Waals surface area contributed by atoms with Gasteiger partial charge < -0.3 is 44.0 Å². The van der Waals surface area contributed by atoms with Crippen LogP contribution in [0.15, 0.2) is 11.3 Å². The van der Waals surface area contributed by atoms with Crippen LogP contribution < -0.4 is 5.32 Å². The molecule has 0 spiro atoms. The zero-order valence-electron chi connectivity index (χ0n) is 25.3. The first-order valence-electron chi connectivity index (χ1n) is 13.5. The molecule has 1 saturated heterocycles. The number of imidazole rings is 1. The van der Waals surface area contributed by atoms with Crippen molar-refractivity contribution in [2.75, 3.05) is 26.8 Å². The zero-order chi connectivity index (χ0) is 32.9. The summed E-state index contributed by atoms with van der Waals surface area (Å²) in [4.78, 5) is 31.9. The average Bonchev–Trinajstić information content (AvgIpc) is 3.39. The molecule has 0 aliphatic carbocycles. The predicted molar refractivity (Wildman–Crippen MR) is 144 cm³/mol. The molecule has 44 heavy (non-hydrogen) atoms. The Morgan fingerprint density at radius 3 is 2.23 bits per heavy atom. The van der Waals surface area contributed by atoms with Crippen LogP contribution in [-0.2, 0) is 46.6 Å². The molecular weight excluding hydrogens is 618 g/mol. The molecule has 18 nitrogen and oxygen atoms in total. The molecule has 250 valence electrons. The van der Waals surface area contributed by atoms with E-state index in [0.29, 0.717) is 18.1 Å². The number of alkyl halides is 1. The summed E-state index contributed by atoms with van der Waals surface area (Å²) in [7, 11) is -4.93. The highest BCUT2D eigenvalue weighted by Gasteiger charge is 2.64. The minimum Gasteiger partial charge on any atom is -0.432 e. The first-order valence-corrected chi connectivity index (χ1v) is 14.9. The number of halogens is 1. The van der Waals surface area contributed by atoms with Crippen LogP contribution >= 0.6 is 7.82 Å². The maximum absolute atomic E-state index is 16.2. The van der Waals surface area contributed by atoms with Crippen molar-refractivity contribution in [1.82, 2.24) is 14.9 Å². The maximum Gasteiger partial charge on any atom is 0.510 e. The van der Waals surface area contributed by atoms with Gasteiger partial charge in [-0.3, -0.25) is 9.09 Å². The number of aliphatic hydroxyl groups excluding tert-OH is 1. The van der Waals surface area contributed by atoms with Gasteiger partial charge in [-0.1, -0.05) is 0 Å². The van der Waals surface area contributed by atoms with E-state index >= 15 is 4.39 Å². The Bertz CT molecular complexity index is 1210. The quantitative estimate of drug-likeness (QED) is 0.149.